The molecule has 1 amide bonds. The number of alkyl halides is 3. The second kappa shape index (κ2) is 6.31. The molecule has 1 heterocycles. The van der Waals surface area contributed by atoms with Gasteiger partial charge in [-0.2, -0.15) is 13.2 Å². The van der Waals surface area contributed by atoms with Gasteiger partial charge < -0.3 is 10.0 Å². The molecule has 138 valence electrons. The van der Waals surface area contributed by atoms with Gasteiger partial charge in [0.1, 0.15) is 0 Å². The average Bonchev–Trinajstić information content (AvgIpc) is 2.50. The largest absolute Gasteiger partial charge is 0.416 e. The number of carbonyl (C=O) groups is 1. The first kappa shape index (κ1) is 18.2. The molecule has 1 N–H and O–H groups in total. The Kier molecular flexibility index (Phi) is 4.60. The van der Waals surface area contributed by atoms with Gasteiger partial charge in [0.15, 0.2) is 0 Å². The number of halogens is 3. The maximum Gasteiger partial charge on any atom is 0.416 e. The van der Waals surface area contributed by atoms with E-state index in [2.05, 4.69) is 0 Å². The number of carbonyl (C=O) groups excluding carboxylic acids is 1. The van der Waals surface area contributed by atoms with E-state index in [1.54, 1.807) is 18.7 Å². The minimum Gasteiger partial charge on any atom is -0.390 e. The monoisotopic (exact) mass is 355 g/mol. The normalized spacial score (nSPS) is 27.9. The Labute approximate surface area is 145 Å². The molecule has 0 unspecified atom stereocenters. The van der Waals surface area contributed by atoms with Crippen molar-refractivity contribution in [3.63, 3.8) is 0 Å². The van der Waals surface area contributed by atoms with Crippen molar-refractivity contribution < 1.29 is 23.1 Å². The Morgan fingerprint density at radius 1 is 1.20 bits per heavy atom. The molecule has 2 aliphatic rings. The molecule has 0 aromatic heterocycles. The van der Waals surface area contributed by atoms with Crippen LogP contribution < -0.4 is 0 Å². The fourth-order valence-electron chi connectivity index (χ4n) is 4.08. The second-order valence-corrected chi connectivity index (χ2v) is 7.83. The first-order valence-corrected chi connectivity index (χ1v) is 8.75. The summed E-state index contributed by atoms with van der Waals surface area (Å²) in [5.74, 6) is 0.0158. The highest BCUT2D eigenvalue weighted by Gasteiger charge is 2.44. The van der Waals surface area contributed by atoms with Gasteiger partial charge >= 0.3 is 6.18 Å². The van der Waals surface area contributed by atoms with Crippen LogP contribution in [-0.2, 0) is 11.0 Å². The summed E-state index contributed by atoms with van der Waals surface area (Å²) in [7, 11) is 0. The third kappa shape index (κ3) is 4.00. The maximum atomic E-state index is 13.0. The molecular weight excluding hydrogens is 331 g/mol. The van der Waals surface area contributed by atoms with E-state index in [0.29, 0.717) is 49.9 Å². The molecule has 1 saturated carbocycles. The number of amides is 1. The fourth-order valence-corrected chi connectivity index (χ4v) is 4.08. The van der Waals surface area contributed by atoms with Crippen LogP contribution >= 0.6 is 0 Å². The molecule has 0 atom stereocenters. The average molecular weight is 355 g/mol. The molecule has 1 aliphatic carbocycles. The third-order valence-corrected chi connectivity index (χ3v) is 5.43. The van der Waals surface area contributed by atoms with Gasteiger partial charge in [0.05, 0.1) is 11.2 Å². The molecule has 25 heavy (non-hydrogen) atoms. The van der Waals surface area contributed by atoms with Crippen LogP contribution in [0.2, 0.25) is 0 Å². The number of nitrogens with zero attached hydrogens (tertiary/aromatic N) is 1. The van der Waals surface area contributed by atoms with Crippen LogP contribution in [0.1, 0.15) is 55.2 Å². The quantitative estimate of drug-likeness (QED) is 0.875. The number of hydrogen-bond acceptors (Lipinski definition) is 2. The van der Waals surface area contributed by atoms with Crippen molar-refractivity contribution in [2.24, 2.45) is 5.92 Å². The Hall–Kier alpha value is -1.56. The summed E-state index contributed by atoms with van der Waals surface area (Å²) in [6.07, 6.45) is -1.99. The molecular formula is C19H24F3NO2. The van der Waals surface area contributed by atoms with Crippen LogP contribution in [0.15, 0.2) is 18.2 Å². The van der Waals surface area contributed by atoms with Crippen molar-refractivity contribution in [1.29, 1.82) is 0 Å². The number of aliphatic hydroxyl groups is 1. The minimum absolute atomic E-state index is 0.0505. The van der Waals surface area contributed by atoms with Crippen molar-refractivity contribution in [3.8, 4) is 0 Å². The lowest BCUT2D eigenvalue weighted by atomic mass is 9.71. The summed E-state index contributed by atoms with van der Waals surface area (Å²) in [4.78, 5) is 14.2. The number of rotatable bonds is 2. The molecule has 1 aliphatic heterocycles. The van der Waals surface area contributed by atoms with Gasteiger partial charge in [-0.05, 0) is 63.1 Å². The predicted octanol–water partition coefficient (Wildman–Crippen LogP) is 3.88. The third-order valence-electron chi connectivity index (χ3n) is 5.43. The van der Waals surface area contributed by atoms with Crippen LogP contribution in [0.25, 0.3) is 0 Å². The zero-order valence-corrected chi connectivity index (χ0v) is 14.6. The van der Waals surface area contributed by atoms with Crippen molar-refractivity contribution in [3.05, 3.63) is 34.9 Å². The van der Waals surface area contributed by atoms with Gasteiger partial charge in [-0.15, -0.1) is 0 Å². The lowest BCUT2D eigenvalue weighted by Crippen LogP contribution is -2.51. The Balaban J connectivity index is 1.63. The molecule has 2 fully saturated rings. The molecule has 0 bridgehead atoms. The number of likely N-dealkylation sites (tertiary alicyclic amines) is 1. The number of piperidine rings is 1. The second-order valence-electron chi connectivity index (χ2n) is 7.83. The van der Waals surface area contributed by atoms with Gasteiger partial charge in [-0.25, -0.2) is 0 Å². The van der Waals surface area contributed by atoms with Crippen molar-refractivity contribution >= 4 is 5.91 Å². The molecule has 0 spiro atoms. The Morgan fingerprint density at radius 3 is 2.32 bits per heavy atom. The van der Waals surface area contributed by atoms with E-state index in [1.165, 1.54) is 12.1 Å². The van der Waals surface area contributed by atoms with Gasteiger partial charge in [0, 0.05) is 19.0 Å². The van der Waals surface area contributed by atoms with Gasteiger partial charge in [0.2, 0.25) is 5.91 Å². The molecule has 1 aromatic carbocycles. The highest BCUT2D eigenvalue weighted by atomic mass is 19.4. The van der Waals surface area contributed by atoms with Crippen LogP contribution in [-0.4, -0.2) is 34.6 Å². The van der Waals surface area contributed by atoms with E-state index < -0.39 is 17.3 Å². The summed E-state index contributed by atoms with van der Waals surface area (Å²) in [6, 6.07) is 4.24. The maximum absolute atomic E-state index is 13.0. The van der Waals surface area contributed by atoms with Crippen LogP contribution in [0, 0.1) is 12.8 Å². The van der Waals surface area contributed by atoms with E-state index >= 15 is 0 Å². The van der Waals surface area contributed by atoms with E-state index in [1.807, 2.05) is 6.07 Å². The predicted molar refractivity (Wildman–Crippen MR) is 88.1 cm³/mol. The van der Waals surface area contributed by atoms with Gasteiger partial charge in [0.25, 0.3) is 0 Å². The lowest BCUT2D eigenvalue weighted by Gasteiger charge is -2.43. The smallest absolute Gasteiger partial charge is 0.390 e. The van der Waals surface area contributed by atoms with E-state index in [9.17, 15) is 23.1 Å². The van der Waals surface area contributed by atoms with Crippen LogP contribution in [0.4, 0.5) is 13.2 Å². The molecule has 3 nitrogen and oxygen atoms in total. The SMILES string of the molecule is Cc1cc(C2CCN(C(=O)C3CC(C)(O)C3)CC2)cc(C(F)(F)F)c1. The summed E-state index contributed by atoms with van der Waals surface area (Å²) < 4.78 is 39.0. The molecule has 1 saturated heterocycles. The Bertz CT molecular complexity index is 653. The standard InChI is InChI=1S/C19H24F3NO2/c1-12-7-14(9-16(8-12)19(20,21)22)13-3-5-23(6-4-13)17(24)15-10-18(2,25)11-15/h7-9,13,15,25H,3-6,10-11H2,1-2H3. The number of hydrogen-bond donors (Lipinski definition) is 1. The van der Waals surface area contributed by atoms with E-state index in [4.69, 9.17) is 0 Å². The molecule has 1 aromatic rings. The topological polar surface area (TPSA) is 40.5 Å². The summed E-state index contributed by atoms with van der Waals surface area (Å²) in [5.41, 5.74) is -0.00228. The molecule has 0 radical (unpaired) electrons. The molecule has 3 rings (SSSR count). The van der Waals surface area contributed by atoms with Crippen LogP contribution in [0.3, 0.4) is 0 Å². The number of benzene rings is 1. The van der Waals surface area contributed by atoms with E-state index in [0.717, 1.165) is 0 Å². The summed E-state index contributed by atoms with van der Waals surface area (Å²) >= 11 is 0. The van der Waals surface area contributed by atoms with Crippen molar-refractivity contribution in [2.75, 3.05) is 13.1 Å². The molecule has 6 heteroatoms. The van der Waals surface area contributed by atoms with Crippen LogP contribution in [0.5, 0.6) is 0 Å². The van der Waals surface area contributed by atoms with E-state index in [-0.39, 0.29) is 17.7 Å². The van der Waals surface area contributed by atoms with Crippen molar-refractivity contribution in [1.82, 2.24) is 4.90 Å². The minimum atomic E-state index is -4.33. The number of aryl methyl sites for hydroxylation is 1. The van der Waals surface area contributed by atoms with Gasteiger partial charge in [-0.1, -0.05) is 11.6 Å². The Morgan fingerprint density at radius 2 is 1.80 bits per heavy atom. The zero-order chi connectivity index (χ0) is 18.4. The highest BCUT2D eigenvalue weighted by molar-refractivity contribution is 5.80. The van der Waals surface area contributed by atoms with Gasteiger partial charge in [-0.3, -0.25) is 4.79 Å². The lowest BCUT2D eigenvalue weighted by molar-refractivity contribution is -0.150. The summed E-state index contributed by atoms with van der Waals surface area (Å²) in [5, 5.41) is 9.78. The first-order chi connectivity index (χ1) is 11.5. The zero-order valence-electron chi connectivity index (χ0n) is 14.6. The first-order valence-electron chi connectivity index (χ1n) is 8.75. The fraction of sp³-hybridized carbons (Fsp3) is 0.632. The highest BCUT2D eigenvalue weighted by Crippen LogP contribution is 2.40. The van der Waals surface area contributed by atoms with Crippen molar-refractivity contribution in [2.45, 2.75) is 57.2 Å². The summed E-state index contributed by atoms with van der Waals surface area (Å²) in [6.45, 7) is 4.55.